The summed E-state index contributed by atoms with van der Waals surface area (Å²) in [5.41, 5.74) is 7.93. The van der Waals surface area contributed by atoms with Crippen molar-refractivity contribution in [3.05, 3.63) is 29.3 Å². The molecule has 0 saturated heterocycles. The van der Waals surface area contributed by atoms with Gasteiger partial charge in [0.05, 0.1) is 12.7 Å². The van der Waals surface area contributed by atoms with Gasteiger partial charge in [0, 0.05) is 13.0 Å². The molecule has 3 heteroatoms. The molecule has 0 aliphatic heterocycles. The molecular formula is C15H25NO2. The molecule has 0 fully saturated rings. The van der Waals surface area contributed by atoms with E-state index in [1.54, 1.807) is 0 Å². The van der Waals surface area contributed by atoms with Crippen LogP contribution in [0.25, 0.3) is 0 Å². The molecule has 1 rings (SSSR count). The number of nitrogens with two attached hydrogens (primary N) is 1. The van der Waals surface area contributed by atoms with E-state index in [-0.39, 0.29) is 12.0 Å². The van der Waals surface area contributed by atoms with Crippen LogP contribution in [-0.4, -0.2) is 24.4 Å². The van der Waals surface area contributed by atoms with Crippen LogP contribution in [0.4, 0.5) is 0 Å². The van der Waals surface area contributed by atoms with E-state index in [9.17, 15) is 5.11 Å². The van der Waals surface area contributed by atoms with Gasteiger partial charge in [0.15, 0.2) is 0 Å². The Morgan fingerprint density at radius 2 is 2.00 bits per heavy atom. The van der Waals surface area contributed by atoms with Crippen molar-refractivity contribution >= 4 is 0 Å². The summed E-state index contributed by atoms with van der Waals surface area (Å²) in [6.45, 7) is 9.41. The van der Waals surface area contributed by atoms with Crippen molar-refractivity contribution in [1.29, 1.82) is 0 Å². The Labute approximate surface area is 110 Å². The highest BCUT2D eigenvalue weighted by Crippen LogP contribution is 2.27. The van der Waals surface area contributed by atoms with E-state index in [2.05, 4.69) is 32.9 Å². The molecule has 0 heterocycles. The second-order valence-corrected chi connectivity index (χ2v) is 5.76. The van der Waals surface area contributed by atoms with E-state index in [1.807, 2.05) is 13.0 Å². The third-order valence-electron chi connectivity index (χ3n) is 3.02. The van der Waals surface area contributed by atoms with Crippen LogP contribution in [-0.2, 0) is 5.41 Å². The molecule has 0 aliphatic rings. The summed E-state index contributed by atoms with van der Waals surface area (Å²) >= 11 is 0. The lowest BCUT2D eigenvalue weighted by molar-refractivity contribution is 0.146. The van der Waals surface area contributed by atoms with E-state index in [4.69, 9.17) is 10.5 Å². The summed E-state index contributed by atoms with van der Waals surface area (Å²) in [6, 6.07) is 6.27. The van der Waals surface area contributed by atoms with Crippen molar-refractivity contribution in [2.45, 2.75) is 45.6 Å². The molecule has 0 radical (unpaired) electrons. The standard InChI is InChI=1S/C15H25NO2/c1-11-9-12(15(2,3)4)5-6-14(11)18-8-7-13(17)10-16/h5-6,9,13,17H,7-8,10,16H2,1-4H3. The zero-order chi connectivity index (χ0) is 13.8. The first kappa shape index (κ1) is 15.0. The Hall–Kier alpha value is -1.06. The molecular weight excluding hydrogens is 226 g/mol. The summed E-state index contributed by atoms with van der Waals surface area (Å²) in [6.07, 6.45) is 0.0934. The molecule has 1 unspecified atom stereocenters. The topological polar surface area (TPSA) is 55.5 Å². The first-order valence-corrected chi connectivity index (χ1v) is 6.46. The van der Waals surface area contributed by atoms with E-state index < -0.39 is 6.10 Å². The van der Waals surface area contributed by atoms with E-state index in [0.717, 1.165) is 11.3 Å². The highest BCUT2D eigenvalue weighted by molar-refractivity contribution is 5.38. The molecule has 1 aromatic carbocycles. The minimum atomic E-state index is -0.473. The average molecular weight is 251 g/mol. The van der Waals surface area contributed by atoms with Gasteiger partial charge in [0.1, 0.15) is 5.75 Å². The second-order valence-electron chi connectivity index (χ2n) is 5.76. The van der Waals surface area contributed by atoms with Gasteiger partial charge in [-0.25, -0.2) is 0 Å². The predicted octanol–water partition coefficient (Wildman–Crippen LogP) is 2.38. The number of ether oxygens (including phenoxy) is 1. The van der Waals surface area contributed by atoms with Gasteiger partial charge in [-0.1, -0.05) is 32.9 Å². The number of hydrogen-bond donors (Lipinski definition) is 2. The van der Waals surface area contributed by atoms with Crippen molar-refractivity contribution < 1.29 is 9.84 Å². The zero-order valence-corrected chi connectivity index (χ0v) is 11.9. The number of aliphatic hydroxyl groups excluding tert-OH is 1. The Kier molecular flexibility index (Phi) is 5.17. The normalized spacial score (nSPS) is 13.4. The van der Waals surface area contributed by atoms with Gasteiger partial charge in [-0.2, -0.15) is 0 Å². The molecule has 18 heavy (non-hydrogen) atoms. The molecule has 3 nitrogen and oxygen atoms in total. The van der Waals surface area contributed by atoms with Crippen LogP contribution >= 0.6 is 0 Å². The van der Waals surface area contributed by atoms with Crippen LogP contribution in [0, 0.1) is 6.92 Å². The lowest BCUT2D eigenvalue weighted by atomic mass is 9.86. The van der Waals surface area contributed by atoms with Crippen molar-refractivity contribution in [3.8, 4) is 5.75 Å². The molecule has 1 atom stereocenters. The fourth-order valence-corrected chi connectivity index (χ4v) is 1.70. The summed E-state index contributed by atoms with van der Waals surface area (Å²) in [7, 11) is 0. The number of benzene rings is 1. The first-order valence-electron chi connectivity index (χ1n) is 6.46. The minimum Gasteiger partial charge on any atom is -0.493 e. The molecule has 1 aromatic rings. The van der Waals surface area contributed by atoms with Crippen LogP contribution in [0.1, 0.15) is 38.3 Å². The number of hydrogen-bond acceptors (Lipinski definition) is 3. The highest BCUT2D eigenvalue weighted by Gasteiger charge is 2.14. The van der Waals surface area contributed by atoms with Gasteiger partial charge < -0.3 is 15.6 Å². The Morgan fingerprint density at radius 3 is 2.50 bits per heavy atom. The van der Waals surface area contributed by atoms with Crippen molar-refractivity contribution in [1.82, 2.24) is 0 Å². The van der Waals surface area contributed by atoms with Gasteiger partial charge in [-0.3, -0.25) is 0 Å². The Bertz CT molecular complexity index is 383. The largest absolute Gasteiger partial charge is 0.493 e. The maximum absolute atomic E-state index is 9.35. The minimum absolute atomic E-state index is 0.152. The zero-order valence-electron chi connectivity index (χ0n) is 11.9. The lowest BCUT2D eigenvalue weighted by Gasteiger charge is -2.20. The molecule has 3 N–H and O–H groups in total. The lowest BCUT2D eigenvalue weighted by Crippen LogP contribution is -2.22. The van der Waals surface area contributed by atoms with E-state index in [1.165, 1.54) is 5.56 Å². The third-order valence-corrected chi connectivity index (χ3v) is 3.02. The predicted molar refractivity (Wildman–Crippen MR) is 75.1 cm³/mol. The van der Waals surface area contributed by atoms with E-state index >= 15 is 0 Å². The van der Waals surface area contributed by atoms with Gasteiger partial charge in [-0.05, 0) is 29.5 Å². The summed E-state index contributed by atoms with van der Waals surface area (Å²) in [5.74, 6) is 0.882. The highest BCUT2D eigenvalue weighted by atomic mass is 16.5. The molecule has 0 amide bonds. The van der Waals surface area contributed by atoms with E-state index in [0.29, 0.717) is 13.0 Å². The number of aliphatic hydroxyl groups is 1. The van der Waals surface area contributed by atoms with Gasteiger partial charge in [0.2, 0.25) is 0 Å². The molecule has 0 bridgehead atoms. The SMILES string of the molecule is Cc1cc(C(C)(C)C)ccc1OCCC(O)CN. The summed E-state index contributed by atoms with van der Waals surface area (Å²) in [5, 5.41) is 9.35. The van der Waals surface area contributed by atoms with Crippen LogP contribution in [0.3, 0.4) is 0 Å². The van der Waals surface area contributed by atoms with Crippen LogP contribution in [0.5, 0.6) is 5.75 Å². The fourth-order valence-electron chi connectivity index (χ4n) is 1.70. The van der Waals surface area contributed by atoms with Crippen LogP contribution < -0.4 is 10.5 Å². The van der Waals surface area contributed by atoms with Crippen molar-refractivity contribution in [3.63, 3.8) is 0 Å². The smallest absolute Gasteiger partial charge is 0.122 e. The van der Waals surface area contributed by atoms with Crippen molar-refractivity contribution in [2.75, 3.05) is 13.2 Å². The molecule has 0 aromatic heterocycles. The van der Waals surface area contributed by atoms with Crippen LogP contribution in [0.15, 0.2) is 18.2 Å². The third kappa shape index (κ3) is 4.31. The van der Waals surface area contributed by atoms with Crippen molar-refractivity contribution in [2.24, 2.45) is 5.73 Å². The summed E-state index contributed by atoms with van der Waals surface area (Å²) < 4.78 is 5.66. The van der Waals surface area contributed by atoms with Gasteiger partial charge >= 0.3 is 0 Å². The second kappa shape index (κ2) is 6.21. The number of rotatable bonds is 5. The van der Waals surface area contributed by atoms with Gasteiger partial charge in [-0.15, -0.1) is 0 Å². The molecule has 0 spiro atoms. The molecule has 102 valence electrons. The molecule has 0 saturated carbocycles. The maximum atomic E-state index is 9.35. The summed E-state index contributed by atoms with van der Waals surface area (Å²) in [4.78, 5) is 0. The number of aryl methyl sites for hydroxylation is 1. The van der Waals surface area contributed by atoms with Crippen LogP contribution in [0.2, 0.25) is 0 Å². The van der Waals surface area contributed by atoms with Gasteiger partial charge in [0.25, 0.3) is 0 Å². The quantitative estimate of drug-likeness (QED) is 0.844. The first-order chi connectivity index (χ1) is 8.34. The monoisotopic (exact) mass is 251 g/mol. The molecule has 0 aliphatic carbocycles. The Balaban J connectivity index is 2.63. The maximum Gasteiger partial charge on any atom is 0.122 e. The Morgan fingerprint density at radius 1 is 1.33 bits per heavy atom. The fraction of sp³-hybridized carbons (Fsp3) is 0.600. The average Bonchev–Trinajstić information content (AvgIpc) is 2.29.